The fraction of sp³-hybridized carbons (Fsp3) is 0.364. The van der Waals surface area contributed by atoms with Crippen LogP contribution in [-0.4, -0.2) is 49.4 Å². The number of unbranched alkanes of at least 4 members (excludes halogenated alkanes) is 1. The largest absolute Gasteiger partial charge is 0.493 e. The molecule has 0 saturated carbocycles. The van der Waals surface area contributed by atoms with Crippen LogP contribution < -0.4 is 32.6 Å². The molecule has 0 heterocycles. The van der Waals surface area contributed by atoms with E-state index in [1.807, 2.05) is 24.3 Å². The molecule has 2 aromatic rings. The van der Waals surface area contributed by atoms with Gasteiger partial charge in [-0.15, -0.1) is 0 Å². The lowest BCUT2D eigenvalue weighted by atomic mass is 10.1. The number of hydrogen-bond donors (Lipinski definition) is 5. The Labute approximate surface area is 185 Å². The Kier molecular flexibility index (Phi) is 9.43. The van der Waals surface area contributed by atoms with Crippen LogP contribution in [0.2, 0.25) is 0 Å². The second kappa shape index (κ2) is 12.3. The van der Waals surface area contributed by atoms with Gasteiger partial charge in [-0.05, 0) is 42.2 Å². The summed E-state index contributed by atoms with van der Waals surface area (Å²) in [5, 5.41) is 6.95. The van der Waals surface area contributed by atoms with Gasteiger partial charge in [0.1, 0.15) is 5.75 Å². The van der Waals surface area contributed by atoms with E-state index in [4.69, 9.17) is 21.9 Å². The molecule has 0 aromatic heterocycles. The summed E-state index contributed by atoms with van der Waals surface area (Å²) in [7, 11) is 0. The number of primary amides is 2. The zero-order valence-corrected chi connectivity index (χ0v) is 17.8. The number of carbonyl (C=O) groups excluding carboxylic acids is 4. The summed E-state index contributed by atoms with van der Waals surface area (Å²) < 4.78 is 5.83. The Bertz CT molecular complexity index is 978. The van der Waals surface area contributed by atoms with E-state index in [1.54, 1.807) is 12.1 Å². The minimum absolute atomic E-state index is 0.0591. The van der Waals surface area contributed by atoms with Crippen LogP contribution in [0.15, 0.2) is 36.4 Å². The molecule has 0 saturated heterocycles. The quantitative estimate of drug-likeness (QED) is 0.270. The van der Waals surface area contributed by atoms with Gasteiger partial charge in [-0.25, -0.2) is 0 Å². The van der Waals surface area contributed by atoms with Crippen molar-refractivity contribution in [3.8, 4) is 5.75 Å². The molecule has 0 spiro atoms. The molecule has 0 fully saturated rings. The van der Waals surface area contributed by atoms with E-state index in [2.05, 4.69) is 10.6 Å². The van der Waals surface area contributed by atoms with Crippen molar-refractivity contribution in [3.63, 3.8) is 0 Å². The van der Waals surface area contributed by atoms with Crippen LogP contribution in [0.1, 0.15) is 36.0 Å². The molecule has 2 rings (SSSR count). The van der Waals surface area contributed by atoms with Crippen LogP contribution in [-0.2, 0) is 14.4 Å². The van der Waals surface area contributed by atoms with Gasteiger partial charge >= 0.3 is 0 Å². The number of nitrogens with two attached hydrogens (primary N) is 3. The second-order valence-electron chi connectivity index (χ2n) is 7.30. The summed E-state index contributed by atoms with van der Waals surface area (Å²) in [6.45, 7) is 0.445. The van der Waals surface area contributed by atoms with E-state index in [1.165, 1.54) is 0 Å². The molecule has 0 aliphatic rings. The molecule has 10 heteroatoms. The monoisotopic (exact) mass is 443 g/mol. The van der Waals surface area contributed by atoms with Crippen molar-refractivity contribution in [2.75, 3.05) is 19.7 Å². The first kappa shape index (κ1) is 24.6. The van der Waals surface area contributed by atoms with E-state index in [0.29, 0.717) is 37.3 Å². The van der Waals surface area contributed by atoms with E-state index in [-0.39, 0.29) is 25.3 Å². The Morgan fingerprint density at radius 3 is 2.28 bits per heavy atom. The summed E-state index contributed by atoms with van der Waals surface area (Å²) in [5.74, 6) is -1.54. The Morgan fingerprint density at radius 1 is 0.938 bits per heavy atom. The molecule has 0 aliphatic carbocycles. The second-order valence-corrected chi connectivity index (χ2v) is 7.30. The van der Waals surface area contributed by atoms with Crippen molar-refractivity contribution in [1.82, 2.24) is 10.6 Å². The smallest absolute Gasteiger partial charge is 0.255 e. The summed E-state index contributed by atoms with van der Waals surface area (Å²) in [6, 6.07) is 10.2. The molecule has 172 valence electrons. The minimum Gasteiger partial charge on any atom is -0.493 e. The van der Waals surface area contributed by atoms with Gasteiger partial charge in [0.2, 0.25) is 17.7 Å². The molecular formula is C22H29N5O5. The van der Waals surface area contributed by atoms with Crippen LogP contribution in [0.3, 0.4) is 0 Å². The normalized spacial score (nSPS) is 11.5. The molecule has 0 aliphatic heterocycles. The molecule has 32 heavy (non-hydrogen) atoms. The Hall–Kier alpha value is -3.66. The first-order valence-corrected chi connectivity index (χ1v) is 10.3. The van der Waals surface area contributed by atoms with Crippen molar-refractivity contribution in [2.45, 2.75) is 31.7 Å². The van der Waals surface area contributed by atoms with Crippen molar-refractivity contribution < 1.29 is 23.9 Å². The third kappa shape index (κ3) is 7.88. The molecule has 0 radical (unpaired) electrons. The maximum Gasteiger partial charge on any atom is 0.255 e. The molecule has 4 amide bonds. The first-order chi connectivity index (χ1) is 15.3. The highest BCUT2D eigenvalue weighted by Gasteiger charge is 2.15. The zero-order valence-electron chi connectivity index (χ0n) is 17.8. The predicted octanol–water partition coefficient (Wildman–Crippen LogP) is -0.0771. The summed E-state index contributed by atoms with van der Waals surface area (Å²) in [5.41, 5.74) is 16.2. The van der Waals surface area contributed by atoms with Crippen molar-refractivity contribution in [3.05, 3.63) is 42.0 Å². The van der Waals surface area contributed by atoms with Crippen molar-refractivity contribution in [2.24, 2.45) is 17.2 Å². The fourth-order valence-corrected chi connectivity index (χ4v) is 2.96. The van der Waals surface area contributed by atoms with E-state index in [9.17, 15) is 19.2 Å². The van der Waals surface area contributed by atoms with Gasteiger partial charge < -0.3 is 32.6 Å². The van der Waals surface area contributed by atoms with Crippen LogP contribution in [0.4, 0.5) is 0 Å². The zero-order chi connectivity index (χ0) is 23.5. The fourth-order valence-electron chi connectivity index (χ4n) is 2.96. The molecule has 1 unspecified atom stereocenters. The number of nitrogens with one attached hydrogen (secondary N) is 2. The van der Waals surface area contributed by atoms with Gasteiger partial charge in [-0.3, -0.25) is 19.2 Å². The number of carbonyl (C=O) groups is 4. The van der Waals surface area contributed by atoms with Gasteiger partial charge in [-0.2, -0.15) is 0 Å². The van der Waals surface area contributed by atoms with Crippen LogP contribution in [0.5, 0.6) is 5.75 Å². The topological polar surface area (TPSA) is 180 Å². The predicted molar refractivity (Wildman–Crippen MR) is 120 cm³/mol. The molecular weight excluding hydrogens is 414 g/mol. The van der Waals surface area contributed by atoms with Gasteiger partial charge in [0, 0.05) is 13.0 Å². The van der Waals surface area contributed by atoms with Crippen molar-refractivity contribution >= 4 is 34.4 Å². The lowest BCUT2D eigenvalue weighted by Crippen LogP contribution is -2.41. The lowest BCUT2D eigenvalue weighted by molar-refractivity contribution is -0.123. The molecule has 1 atom stereocenters. The van der Waals surface area contributed by atoms with Gasteiger partial charge in [0.15, 0.2) is 0 Å². The Balaban J connectivity index is 1.88. The number of rotatable bonds is 13. The number of hydrogen-bond acceptors (Lipinski definition) is 6. The number of ether oxygens (including phenoxy) is 1. The Morgan fingerprint density at radius 2 is 1.62 bits per heavy atom. The maximum atomic E-state index is 12.5. The summed E-state index contributed by atoms with van der Waals surface area (Å²) in [6.07, 6.45) is 1.51. The molecule has 0 bridgehead atoms. The summed E-state index contributed by atoms with van der Waals surface area (Å²) in [4.78, 5) is 46.1. The maximum absolute atomic E-state index is 12.5. The van der Waals surface area contributed by atoms with Crippen LogP contribution in [0.25, 0.3) is 10.8 Å². The molecule has 2 aromatic carbocycles. The van der Waals surface area contributed by atoms with Gasteiger partial charge in [0.25, 0.3) is 5.91 Å². The standard InChI is InChI=1S/C22H29N5O5/c23-17(7-8-19(24)28)22(31)26-9-3-4-10-32-18-12-15-6-2-1-5-14(15)11-16(18)21(30)27-13-20(25)29/h1-2,5-6,11-12,17H,3-4,7-10,13,23H2,(H2,24,28)(H2,25,29)(H,26,31)(H,27,30). The van der Waals surface area contributed by atoms with Gasteiger partial charge in [-0.1, -0.05) is 24.3 Å². The highest BCUT2D eigenvalue weighted by molar-refractivity contribution is 6.02. The first-order valence-electron chi connectivity index (χ1n) is 10.3. The van der Waals surface area contributed by atoms with E-state index < -0.39 is 23.8 Å². The van der Waals surface area contributed by atoms with Crippen LogP contribution >= 0.6 is 0 Å². The molecule has 8 N–H and O–H groups in total. The number of fused-ring (bicyclic) bond motifs is 1. The SMILES string of the molecule is NC(=O)CCC(N)C(=O)NCCCCOc1cc2ccccc2cc1C(=O)NCC(N)=O. The van der Waals surface area contributed by atoms with E-state index >= 15 is 0 Å². The third-order valence-corrected chi connectivity index (χ3v) is 4.68. The average Bonchev–Trinajstić information content (AvgIpc) is 2.77. The third-order valence-electron chi connectivity index (χ3n) is 4.68. The van der Waals surface area contributed by atoms with E-state index in [0.717, 1.165) is 10.8 Å². The van der Waals surface area contributed by atoms with Crippen LogP contribution in [0, 0.1) is 0 Å². The number of amides is 4. The lowest BCUT2D eigenvalue weighted by Gasteiger charge is -2.14. The average molecular weight is 444 g/mol. The van der Waals surface area contributed by atoms with Gasteiger partial charge in [0.05, 0.1) is 24.8 Å². The highest BCUT2D eigenvalue weighted by atomic mass is 16.5. The minimum atomic E-state index is -0.780. The number of benzene rings is 2. The highest BCUT2D eigenvalue weighted by Crippen LogP contribution is 2.26. The van der Waals surface area contributed by atoms with Crippen molar-refractivity contribution in [1.29, 1.82) is 0 Å². The molecule has 10 nitrogen and oxygen atoms in total. The summed E-state index contributed by atoms with van der Waals surface area (Å²) >= 11 is 0.